The quantitative estimate of drug-likeness (QED) is 0.653. The second kappa shape index (κ2) is 5.79. The number of aryl methyl sites for hydroxylation is 4. The molecule has 0 aliphatic rings. The summed E-state index contributed by atoms with van der Waals surface area (Å²) in [5.41, 5.74) is 7.82. The molecule has 1 heteroatoms. The normalized spacial score (nSPS) is 12.5. The van der Waals surface area contributed by atoms with Gasteiger partial charge in [-0.3, -0.25) is 0 Å². The predicted octanol–water partition coefficient (Wildman–Crippen LogP) is 5.44. The summed E-state index contributed by atoms with van der Waals surface area (Å²) in [5.74, 6) is 0. The van der Waals surface area contributed by atoms with Crippen LogP contribution in [0.15, 0.2) is 36.4 Å². The van der Waals surface area contributed by atoms with E-state index in [1.165, 1.54) is 33.4 Å². The zero-order valence-corrected chi connectivity index (χ0v) is 12.9. The summed E-state index contributed by atoms with van der Waals surface area (Å²) in [6.45, 7) is 8.57. The minimum absolute atomic E-state index is 0.0447. The number of rotatable bonds is 3. The Morgan fingerprint density at radius 3 is 2.05 bits per heavy atom. The number of hydrogen-bond donors (Lipinski definition) is 0. The topological polar surface area (TPSA) is 0 Å². The van der Waals surface area contributed by atoms with Gasteiger partial charge in [0.05, 0.1) is 5.38 Å². The number of benzene rings is 2. The first-order valence-corrected chi connectivity index (χ1v) is 7.19. The summed E-state index contributed by atoms with van der Waals surface area (Å²) in [6, 6.07) is 13.0. The van der Waals surface area contributed by atoms with Crippen molar-refractivity contribution in [3.05, 3.63) is 69.8 Å². The second-order valence-corrected chi connectivity index (χ2v) is 5.92. The molecule has 1 atom stereocenters. The highest BCUT2D eigenvalue weighted by Crippen LogP contribution is 2.30. The third-order valence-corrected chi connectivity index (χ3v) is 4.21. The minimum Gasteiger partial charge on any atom is -0.117 e. The fraction of sp³-hybridized carbons (Fsp3) is 0.333. The molecule has 0 bridgehead atoms. The maximum atomic E-state index is 6.64. The largest absolute Gasteiger partial charge is 0.117 e. The zero-order valence-electron chi connectivity index (χ0n) is 12.1. The summed E-state index contributed by atoms with van der Waals surface area (Å²) in [6.07, 6.45) is 0.883. The van der Waals surface area contributed by atoms with Crippen LogP contribution in [-0.4, -0.2) is 0 Å². The maximum Gasteiger partial charge on any atom is 0.0630 e. The van der Waals surface area contributed by atoms with Crippen LogP contribution in [0, 0.1) is 27.7 Å². The summed E-state index contributed by atoms with van der Waals surface area (Å²) >= 11 is 6.64. The molecule has 2 aromatic carbocycles. The number of halogens is 1. The van der Waals surface area contributed by atoms with Gasteiger partial charge < -0.3 is 0 Å². The lowest BCUT2D eigenvalue weighted by Gasteiger charge is -2.16. The molecule has 2 rings (SSSR count). The Kier molecular flexibility index (Phi) is 4.31. The van der Waals surface area contributed by atoms with Crippen molar-refractivity contribution >= 4 is 11.6 Å². The summed E-state index contributed by atoms with van der Waals surface area (Å²) < 4.78 is 0. The molecule has 0 saturated heterocycles. The van der Waals surface area contributed by atoms with Crippen molar-refractivity contribution in [3.63, 3.8) is 0 Å². The van der Waals surface area contributed by atoms with Gasteiger partial charge in [-0.05, 0) is 67.5 Å². The number of alkyl halides is 1. The molecule has 100 valence electrons. The molecule has 0 aliphatic carbocycles. The van der Waals surface area contributed by atoms with Crippen LogP contribution in [0.4, 0.5) is 0 Å². The van der Waals surface area contributed by atoms with E-state index in [1.807, 2.05) is 0 Å². The highest BCUT2D eigenvalue weighted by atomic mass is 35.5. The summed E-state index contributed by atoms with van der Waals surface area (Å²) in [7, 11) is 0. The third-order valence-electron chi connectivity index (χ3n) is 3.84. The van der Waals surface area contributed by atoms with Crippen molar-refractivity contribution in [2.24, 2.45) is 0 Å². The molecule has 0 aliphatic heterocycles. The second-order valence-electron chi connectivity index (χ2n) is 5.40. The molecule has 0 amide bonds. The molecule has 0 N–H and O–H groups in total. The van der Waals surface area contributed by atoms with E-state index in [-0.39, 0.29) is 5.38 Å². The van der Waals surface area contributed by atoms with Gasteiger partial charge in [-0.1, -0.05) is 36.4 Å². The van der Waals surface area contributed by atoms with Gasteiger partial charge in [-0.2, -0.15) is 0 Å². The summed E-state index contributed by atoms with van der Waals surface area (Å²) in [4.78, 5) is 0. The SMILES string of the molecule is Cc1ccc(CC(Cl)c2c(C)cccc2C)cc1C. The van der Waals surface area contributed by atoms with Gasteiger partial charge in [0.15, 0.2) is 0 Å². The first-order valence-electron chi connectivity index (χ1n) is 6.75. The van der Waals surface area contributed by atoms with E-state index < -0.39 is 0 Å². The molecule has 0 radical (unpaired) electrons. The van der Waals surface area contributed by atoms with Gasteiger partial charge in [-0.15, -0.1) is 11.6 Å². The van der Waals surface area contributed by atoms with E-state index in [1.54, 1.807) is 0 Å². The standard InChI is InChI=1S/C18H21Cl/c1-12-8-9-16(10-15(12)4)11-17(19)18-13(2)6-5-7-14(18)3/h5-10,17H,11H2,1-4H3. The van der Waals surface area contributed by atoms with Gasteiger partial charge in [0.25, 0.3) is 0 Å². The molecule has 0 saturated carbocycles. The lowest BCUT2D eigenvalue weighted by Crippen LogP contribution is -2.01. The molecule has 1 unspecified atom stereocenters. The van der Waals surface area contributed by atoms with Crippen LogP contribution in [0.25, 0.3) is 0 Å². The maximum absolute atomic E-state index is 6.64. The molecule has 0 nitrogen and oxygen atoms in total. The van der Waals surface area contributed by atoms with Gasteiger partial charge in [0, 0.05) is 0 Å². The van der Waals surface area contributed by atoms with Crippen molar-refractivity contribution in [3.8, 4) is 0 Å². The zero-order chi connectivity index (χ0) is 14.0. The van der Waals surface area contributed by atoms with E-state index in [0.717, 1.165) is 6.42 Å². The van der Waals surface area contributed by atoms with Crippen LogP contribution >= 0.6 is 11.6 Å². The Bertz CT molecular complexity index is 564. The fourth-order valence-corrected chi connectivity index (χ4v) is 3.08. The Balaban J connectivity index is 2.25. The van der Waals surface area contributed by atoms with Crippen LogP contribution in [0.3, 0.4) is 0 Å². The highest BCUT2D eigenvalue weighted by Gasteiger charge is 2.14. The van der Waals surface area contributed by atoms with E-state index in [2.05, 4.69) is 64.1 Å². The van der Waals surface area contributed by atoms with Gasteiger partial charge in [0.1, 0.15) is 0 Å². The Hall–Kier alpha value is -1.27. The van der Waals surface area contributed by atoms with Crippen molar-refractivity contribution in [1.29, 1.82) is 0 Å². The first kappa shape index (κ1) is 14.1. The Morgan fingerprint density at radius 2 is 1.47 bits per heavy atom. The average molecular weight is 273 g/mol. The highest BCUT2D eigenvalue weighted by molar-refractivity contribution is 6.21. The van der Waals surface area contributed by atoms with E-state index in [4.69, 9.17) is 11.6 Å². The monoisotopic (exact) mass is 272 g/mol. The van der Waals surface area contributed by atoms with Crippen LogP contribution in [0.1, 0.15) is 38.8 Å². The molecule has 2 aromatic rings. The van der Waals surface area contributed by atoms with Crippen LogP contribution in [0.5, 0.6) is 0 Å². The van der Waals surface area contributed by atoms with Crippen molar-refractivity contribution in [2.75, 3.05) is 0 Å². The van der Waals surface area contributed by atoms with Crippen molar-refractivity contribution < 1.29 is 0 Å². The van der Waals surface area contributed by atoms with Gasteiger partial charge >= 0.3 is 0 Å². The van der Waals surface area contributed by atoms with E-state index >= 15 is 0 Å². The number of hydrogen-bond acceptors (Lipinski definition) is 0. The van der Waals surface area contributed by atoms with Crippen LogP contribution < -0.4 is 0 Å². The molecular formula is C18H21Cl. The van der Waals surface area contributed by atoms with Gasteiger partial charge in [0.2, 0.25) is 0 Å². The molecule has 0 aromatic heterocycles. The summed E-state index contributed by atoms with van der Waals surface area (Å²) in [5, 5.41) is 0.0447. The molecule has 0 spiro atoms. The Labute approximate surface area is 121 Å². The lowest BCUT2D eigenvalue weighted by molar-refractivity contribution is 0.897. The lowest BCUT2D eigenvalue weighted by atomic mass is 9.95. The molecule has 0 heterocycles. The average Bonchev–Trinajstić information content (AvgIpc) is 2.33. The minimum atomic E-state index is 0.0447. The van der Waals surface area contributed by atoms with Crippen LogP contribution in [-0.2, 0) is 6.42 Å². The molecule has 19 heavy (non-hydrogen) atoms. The van der Waals surface area contributed by atoms with Crippen LogP contribution in [0.2, 0.25) is 0 Å². The van der Waals surface area contributed by atoms with E-state index in [0.29, 0.717) is 0 Å². The predicted molar refractivity (Wildman–Crippen MR) is 84.1 cm³/mol. The first-order chi connectivity index (χ1) is 8.99. The fourth-order valence-electron chi connectivity index (χ4n) is 2.56. The molecule has 0 fully saturated rings. The van der Waals surface area contributed by atoms with Gasteiger partial charge in [-0.25, -0.2) is 0 Å². The van der Waals surface area contributed by atoms with E-state index in [9.17, 15) is 0 Å². The third kappa shape index (κ3) is 3.19. The smallest absolute Gasteiger partial charge is 0.0630 e. The Morgan fingerprint density at radius 1 is 0.842 bits per heavy atom. The van der Waals surface area contributed by atoms with Crippen molar-refractivity contribution in [2.45, 2.75) is 39.5 Å². The van der Waals surface area contributed by atoms with Crippen molar-refractivity contribution in [1.82, 2.24) is 0 Å². The molecular weight excluding hydrogens is 252 g/mol.